The molecule has 0 aliphatic carbocycles. The summed E-state index contributed by atoms with van der Waals surface area (Å²) in [5.41, 5.74) is -0.0519. The van der Waals surface area contributed by atoms with Gasteiger partial charge in [-0.2, -0.15) is 14.0 Å². The van der Waals surface area contributed by atoms with E-state index < -0.39 is 56.5 Å². The van der Waals surface area contributed by atoms with Gasteiger partial charge in [0.25, 0.3) is 0 Å². The maximum absolute atomic E-state index is 12.6. The second-order valence-electron chi connectivity index (χ2n) is 6.02. The van der Waals surface area contributed by atoms with Crippen LogP contribution in [-0.2, 0) is 30.4 Å². The minimum Gasteiger partial charge on any atom is -0.435 e. The maximum atomic E-state index is 12.6. The summed E-state index contributed by atoms with van der Waals surface area (Å²) < 4.78 is 79.1. The van der Waals surface area contributed by atoms with Crippen LogP contribution >= 0.6 is 0 Å². The Balaban J connectivity index is 3.14. The van der Waals surface area contributed by atoms with E-state index in [2.05, 4.69) is 15.0 Å². The Labute approximate surface area is 172 Å². The normalized spacial score (nSPS) is 13.4. The Kier molecular flexibility index (Phi) is 9.12. The molecule has 14 heteroatoms. The van der Waals surface area contributed by atoms with Gasteiger partial charge in [-0.05, 0) is 13.0 Å². The maximum Gasteiger partial charge on any atom is 0.387 e. The van der Waals surface area contributed by atoms with Crippen LogP contribution in [0.1, 0.15) is 12.5 Å². The van der Waals surface area contributed by atoms with Gasteiger partial charge >= 0.3 is 6.61 Å². The fourth-order valence-corrected chi connectivity index (χ4v) is 4.44. The lowest BCUT2D eigenvalue weighted by Crippen LogP contribution is -2.40. The van der Waals surface area contributed by atoms with Crippen molar-refractivity contribution in [2.24, 2.45) is 4.99 Å². The van der Waals surface area contributed by atoms with Crippen LogP contribution in [0.2, 0.25) is 0 Å². The molecule has 1 aromatic carbocycles. The Morgan fingerprint density at radius 3 is 2.47 bits per heavy atom. The molecule has 1 atom stereocenters. The summed E-state index contributed by atoms with van der Waals surface area (Å²) in [5.74, 6) is -3.10. The number of ether oxygens (including phenoxy) is 1. The first-order valence-corrected chi connectivity index (χ1v) is 11.9. The van der Waals surface area contributed by atoms with E-state index in [1.165, 1.54) is 31.2 Å². The standard InChI is InChI=1S/C16H20F2N4O6S2/c1-11(22-29(2,24)25)21-13(15(23)20-8-7-19)10-30(26,27)9-12-5-3-4-6-14(12)28-16(17)18/h3-6,13,16H,8-10H2,1-2H3,(H,20,23)(H,21,22)/t13-/m0/s1. The number of benzene rings is 1. The predicted molar refractivity (Wildman–Crippen MR) is 104 cm³/mol. The highest BCUT2D eigenvalue weighted by Crippen LogP contribution is 2.23. The number of hydrogen-bond donors (Lipinski definition) is 2. The van der Waals surface area contributed by atoms with Gasteiger partial charge in [0.05, 0.1) is 23.8 Å². The number of sulfone groups is 1. The van der Waals surface area contributed by atoms with Crippen LogP contribution in [0.4, 0.5) is 8.78 Å². The topological polar surface area (TPSA) is 155 Å². The van der Waals surface area contributed by atoms with Crippen LogP contribution in [0.3, 0.4) is 0 Å². The molecular formula is C16H20F2N4O6S2. The highest BCUT2D eigenvalue weighted by Gasteiger charge is 2.27. The zero-order valence-corrected chi connectivity index (χ0v) is 17.6. The van der Waals surface area contributed by atoms with Crippen molar-refractivity contribution in [3.63, 3.8) is 0 Å². The van der Waals surface area contributed by atoms with Gasteiger partial charge in [0, 0.05) is 5.56 Å². The SMILES string of the molecule is CC(=N[C@@H](CS(=O)(=O)Cc1ccccc1OC(F)F)C(=O)NCC#N)NS(C)(=O)=O. The van der Waals surface area contributed by atoms with Crippen molar-refractivity contribution < 1.29 is 35.1 Å². The number of nitrogens with one attached hydrogen (secondary N) is 2. The number of amides is 1. The molecule has 1 amide bonds. The summed E-state index contributed by atoms with van der Waals surface area (Å²) in [7, 11) is -7.83. The number of halogens is 2. The van der Waals surface area contributed by atoms with E-state index in [9.17, 15) is 30.4 Å². The summed E-state index contributed by atoms with van der Waals surface area (Å²) in [6.45, 7) is -2.37. The van der Waals surface area contributed by atoms with Crippen LogP contribution in [0.5, 0.6) is 5.75 Å². The quantitative estimate of drug-likeness (QED) is 0.283. The lowest BCUT2D eigenvalue weighted by Gasteiger charge is -2.15. The molecule has 0 aliphatic rings. The van der Waals surface area contributed by atoms with Gasteiger partial charge in [-0.25, -0.2) is 16.8 Å². The van der Waals surface area contributed by atoms with E-state index in [4.69, 9.17) is 5.26 Å². The molecule has 1 rings (SSSR count). The van der Waals surface area contributed by atoms with Crippen LogP contribution in [0, 0.1) is 11.3 Å². The molecule has 166 valence electrons. The van der Waals surface area contributed by atoms with Crippen molar-refractivity contribution in [3.8, 4) is 11.8 Å². The summed E-state index contributed by atoms with van der Waals surface area (Å²) in [6, 6.07) is 5.33. The number of aliphatic imine (C=N–C) groups is 1. The second-order valence-corrected chi connectivity index (χ2v) is 9.88. The van der Waals surface area contributed by atoms with Gasteiger partial charge in [-0.1, -0.05) is 18.2 Å². The number of carbonyl (C=O) groups excluding carboxylic acids is 1. The number of para-hydroxylation sites is 1. The van der Waals surface area contributed by atoms with Crippen molar-refractivity contribution >= 4 is 31.6 Å². The number of nitrogens with zero attached hydrogens (tertiary/aromatic N) is 2. The molecule has 0 unspecified atom stereocenters. The molecule has 30 heavy (non-hydrogen) atoms. The number of nitriles is 1. The summed E-state index contributed by atoms with van der Waals surface area (Å²) in [5, 5.41) is 10.7. The van der Waals surface area contributed by atoms with Gasteiger partial charge in [0.2, 0.25) is 15.9 Å². The van der Waals surface area contributed by atoms with Crippen LogP contribution in [0.25, 0.3) is 0 Å². The summed E-state index contributed by atoms with van der Waals surface area (Å²) in [4.78, 5) is 16.0. The van der Waals surface area contributed by atoms with Crippen LogP contribution < -0.4 is 14.8 Å². The van der Waals surface area contributed by atoms with Gasteiger partial charge in [-0.15, -0.1) is 0 Å². The first-order chi connectivity index (χ1) is 13.8. The molecule has 0 saturated heterocycles. The number of alkyl halides is 2. The molecule has 1 aromatic rings. The van der Waals surface area contributed by atoms with Gasteiger partial charge in [0.1, 0.15) is 24.2 Å². The minimum atomic E-state index is -4.10. The molecule has 10 nitrogen and oxygen atoms in total. The van der Waals surface area contributed by atoms with E-state index in [0.717, 1.165) is 6.26 Å². The number of amidine groups is 1. The smallest absolute Gasteiger partial charge is 0.387 e. The van der Waals surface area contributed by atoms with Gasteiger partial charge in [0.15, 0.2) is 9.84 Å². The Morgan fingerprint density at radius 2 is 1.90 bits per heavy atom. The molecule has 0 fully saturated rings. The number of carbonyl (C=O) groups is 1. The Hall–Kier alpha value is -2.79. The zero-order chi connectivity index (χ0) is 22.9. The van der Waals surface area contributed by atoms with E-state index in [1.54, 1.807) is 6.07 Å². The van der Waals surface area contributed by atoms with E-state index in [0.29, 0.717) is 0 Å². The fourth-order valence-electron chi connectivity index (χ4n) is 2.31. The molecule has 0 spiro atoms. The van der Waals surface area contributed by atoms with Crippen molar-refractivity contribution in [1.82, 2.24) is 10.0 Å². The molecule has 0 aliphatic heterocycles. The third-order valence-electron chi connectivity index (χ3n) is 3.30. The average Bonchev–Trinajstić information content (AvgIpc) is 2.58. The van der Waals surface area contributed by atoms with E-state index in [1.807, 2.05) is 4.72 Å². The lowest BCUT2D eigenvalue weighted by molar-refractivity contribution is -0.121. The highest BCUT2D eigenvalue weighted by atomic mass is 32.2. The minimum absolute atomic E-state index is 0.0519. The lowest BCUT2D eigenvalue weighted by atomic mass is 10.2. The monoisotopic (exact) mass is 466 g/mol. The molecule has 2 N–H and O–H groups in total. The molecule has 0 aromatic heterocycles. The second kappa shape index (κ2) is 10.8. The number of sulfonamides is 1. The third-order valence-corrected chi connectivity index (χ3v) is 5.54. The Bertz CT molecular complexity index is 1040. The summed E-state index contributed by atoms with van der Waals surface area (Å²) in [6.07, 6.45) is 0.841. The number of hydrogen-bond acceptors (Lipinski definition) is 8. The van der Waals surface area contributed by atoms with Gasteiger partial charge < -0.3 is 10.1 Å². The molecule has 0 heterocycles. The van der Waals surface area contributed by atoms with Gasteiger partial charge in [-0.3, -0.25) is 14.5 Å². The van der Waals surface area contributed by atoms with E-state index >= 15 is 0 Å². The fraction of sp³-hybridized carbons (Fsp3) is 0.438. The molecule has 0 radical (unpaired) electrons. The van der Waals surface area contributed by atoms with Crippen molar-refractivity contribution in [2.75, 3.05) is 18.6 Å². The third kappa shape index (κ3) is 9.61. The summed E-state index contributed by atoms with van der Waals surface area (Å²) >= 11 is 0. The average molecular weight is 466 g/mol. The largest absolute Gasteiger partial charge is 0.435 e. The van der Waals surface area contributed by atoms with E-state index in [-0.39, 0.29) is 17.1 Å². The van der Waals surface area contributed by atoms with Crippen molar-refractivity contribution in [1.29, 1.82) is 5.26 Å². The first kappa shape index (κ1) is 25.2. The number of rotatable bonds is 10. The Morgan fingerprint density at radius 1 is 1.27 bits per heavy atom. The predicted octanol–water partition coefficient (Wildman–Crippen LogP) is 0.179. The molecular weight excluding hydrogens is 446 g/mol. The van der Waals surface area contributed by atoms with Crippen LogP contribution in [0.15, 0.2) is 29.3 Å². The molecule has 0 saturated carbocycles. The van der Waals surface area contributed by atoms with Crippen LogP contribution in [-0.4, -0.2) is 59.8 Å². The van der Waals surface area contributed by atoms with Crippen molar-refractivity contribution in [3.05, 3.63) is 29.8 Å². The van der Waals surface area contributed by atoms with Crippen molar-refractivity contribution in [2.45, 2.75) is 25.3 Å². The highest BCUT2D eigenvalue weighted by molar-refractivity contribution is 7.90. The zero-order valence-electron chi connectivity index (χ0n) is 16.0. The first-order valence-electron chi connectivity index (χ1n) is 8.23. The molecule has 0 bridgehead atoms.